The van der Waals surface area contributed by atoms with Crippen molar-refractivity contribution in [2.75, 3.05) is 18.5 Å². The van der Waals surface area contributed by atoms with E-state index in [2.05, 4.69) is 11.4 Å². The number of hydrogen-bond donors (Lipinski definition) is 2. The maximum Gasteiger partial charge on any atom is 0.322 e. The molecule has 0 heterocycles. The third-order valence-corrected chi connectivity index (χ3v) is 4.45. The normalized spacial score (nSPS) is 15.9. The highest BCUT2D eigenvalue weighted by molar-refractivity contribution is 5.90. The van der Waals surface area contributed by atoms with Gasteiger partial charge in [-0.15, -0.1) is 0 Å². The summed E-state index contributed by atoms with van der Waals surface area (Å²) in [6.07, 6.45) is 1.71. The fourth-order valence-electron chi connectivity index (χ4n) is 3.27. The van der Waals surface area contributed by atoms with E-state index in [1.165, 1.54) is 11.6 Å². The summed E-state index contributed by atoms with van der Waals surface area (Å²) in [4.78, 5) is 14.3. The molecule has 2 aromatic rings. The summed E-state index contributed by atoms with van der Waals surface area (Å²) >= 11 is 0. The largest absolute Gasteiger partial charge is 0.395 e. The minimum Gasteiger partial charge on any atom is -0.395 e. The van der Waals surface area contributed by atoms with Crippen molar-refractivity contribution in [2.24, 2.45) is 0 Å². The van der Waals surface area contributed by atoms with Crippen molar-refractivity contribution >= 4 is 11.7 Å². The first-order valence-corrected chi connectivity index (χ1v) is 8.12. The molecule has 4 nitrogen and oxygen atoms in total. The number of anilines is 1. The zero-order valence-electron chi connectivity index (χ0n) is 13.6. The molecule has 0 spiro atoms. The van der Waals surface area contributed by atoms with Crippen LogP contribution >= 0.6 is 0 Å². The number of halogens is 1. The highest BCUT2D eigenvalue weighted by Gasteiger charge is 2.30. The Labute approximate surface area is 140 Å². The van der Waals surface area contributed by atoms with Gasteiger partial charge in [-0.2, -0.15) is 0 Å². The van der Waals surface area contributed by atoms with Gasteiger partial charge in [-0.05, 0) is 48.6 Å². The number of nitrogens with one attached hydrogen (secondary N) is 1. The topological polar surface area (TPSA) is 52.6 Å². The second-order valence-corrected chi connectivity index (χ2v) is 6.08. The molecule has 0 bridgehead atoms. The maximum atomic E-state index is 14.0. The van der Waals surface area contributed by atoms with E-state index in [-0.39, 0.29) is 24.9 Å². The van der Waals surface area contributed by atoms with Gasteiger partial charge in [0.05, 0.1) is 18.3 Å². The van der Waals surface area contributed by atoms with Crippen LogP contribution in [0.15, 0.2) is 42.5 Å². The first-order chi connectivity index (χ1) is 11.6. The zero-order chi connectivity index (χ0) is 17.1. The van der Waals surface area contributed by atoms with Crippen molar-refractivity contribution in [1.29, 1.82) is 0 Å². The summed E-state index contributed by atoms with van der Waals surface area (Å²) < 4.78 is 14.0. The lowest BCUT2D eigenvalue weighted by molar-refractivity contribution is 0.162. The summed E-state index contributed by atoms with van der Waals surface area (Å²) in [5.74, 6) is -0.459. The Morgan fingerprint density at radius 1 is 1.33 bits per heavy atom. The van der Waals surface area contributed by atoms with Gasteiger partial charge in [0.2, 0.25) is 0 Å². The van der Waals surface area contributed by atoms with Crippen LogP contribution in [0, 0.1) is 12.7 Å². The minimum absolute atomic E-state index is 0.0955. The number of benzene rings is 2. The van der Waals surface area contributed by atoms with E-state index in [0.29, 0.717) is 0 Å². The van der Waals surface area contributed by atoms with Crippen molar-refractivity contribution < 1.29 is 14.3 Å². The Hall–Kier alpha value is -2.40. The molecule has 0 saturated heterocycles. The Kier molecular flexibility index (Phi) is 4.81. The predicted molar refractivity (Wildman–Crippen MR) is 91.5 cm³/mol. The second-order valence-electron chi connectivity index (χ2n) is 6.08. The van der Waals surface area contributed by atoms with Gasteiger partial charge < -0.3 is 15.3 Å². The van der Waals surface area contributed by atoms with Crippen molar-refractivity contribution in [1.82, 2.24) is 4.90 Å². The summed E-state index contributed by atoms with van der Waals surface area (Å²) in [6.45, 7) is 1.86. The van der Waals surface area contributed by atoms with Crippen LogP contribution < -0.4 is 5.32 Å². The molecular formula is C19H21FN2O2. The van der Waals surface area contributed by atoms with Gasteiger partial charge in [-0.25, -0.2) is 9.18 Å². The van der Waals surface area contributed by atoms with E-state index in [9.17, 15) is 14.3 Å². The number of aryl methyl sites for hydroxylation is 2. The molecule has 0 radical (unpaired) electrons. The first-order valence-electron chi connectivity index (χ1n) is 8.12. The van der Waals surface area contributed by atoms with E-state index in [4.69, 9.17) is 0 Å². The Balaban J connectivity index is 1.82. The van der Waals surface area contributed by atoms with Gasteiger partial charge in [0, 0.05) is 6.54 Å². The zero-order valence-corrected chi connectivity index (χ0v) is 13.6. The van der Waals surface area contributed by atoms with E-state index < -0.39 is 11.8 Å². The monoisotopic (exact) mass is 328 g/mol. The molecule has 2 aromatic carbocycles. The van der Waals surface area contributed by atoms with Crippen molar-refractivity contribution in [3.05, 3.63) is 65.0 Å². The quantitative estimate of drug-likeness (QED) is 0.900. The maximum absolute atomic E-state index is 14.0. The summed E-state index contributed by atoms with van der Waals surface area (Å²) in [5, 5.41) is 12.0. The molecular weight excluding hydrogens is 307 g/mol. The van der Waals surface area contributed by atoms with Crippen molar-refractivity contribution in [3.8, 4) is 0 Å². The molecule has 0 aliphatic heterocycles. The predicted octanol–water partition coefficient (Wildman–Crippen LogP) is 3.65. The Bertz CT molecular complexity index is 748. The van der Waals surface area contributed by atoms with E-state index in [0.717, 1.165) is 24.0 Å². The van der Waals surface area contributed by atoms with E-state index in [1.54, 1.807) is 24.0 Å². The van der Waals surface area contributed by atoms with Crippen LogP contribution in [-0.2, 0) is 6.42 Å². The van der Waals surface area contributed by atoms with Crippen LogP contribution in [-0.4, -0.2) is 29.2 Å². The number of rotatable bonds is 4. The summed E-state index contributed by atoms with van der Waals surface area (Å²) in [6, 6.07) is 12.2. The molecule has 1 aliphatic rings. The first kappa shape index (κ1) is 16.5. The fraction of sp³-hybridized carbons (Fsp3) is 0.316. The molecule has 3 rings (SSSR count). The molecule has 1 atom stereocenters. The number of carbonyl (C=O) groups is 1. The van der Waals surface area contributed by atoms with Crippen LogP contribution in [0.3, 0.4) is 0 Å². The molecule has 126 valence electrons. The van der Waals surface area contributed by atoms with Crippen LogP contribution in [0.2, 0.25) is 0 Å². The number of aliphatic hydroxyl groups excluding tert-OH is 1. The fourth-order valence-corrected chi connectivity index (χ4v) is 3.27. The smallest absolute Gasteiger partial charge is 0.322 e. The lowest BCUT2D eigenvalue weighted by atomic mass is 10.1. The summed E-state index contributed by atoms with van der Waals surface area (Å²) in [5.41, 5.74) is 3.27. The highest BCUT2D eigenvalue weighted by atomic mass is 19.1. The lowest BCUT2D eigenvalue weighted by Crippen LogP contribution is -2.39. The Morgan fingerprint density at radius 2 is 2.12 bits per heavy atom. The number of carbonyl (C=O) groups excluding carboxylic acids is 1. The van der Waals surface area contributed by atoms with Gasteiger partial charge in [0.1, 0.15) is 5.82 Å². The molecule has 24 heavy (non-hydrogen) atoms. The van der Waals surface area contributed by atoms with Gasteiger partial charge in [-0.1, -0.05) is 30.3 Å². The van der Waals surface area contributed by atoms with Gasteiger partial charge in [0.15, 0.2) is 0 Å². The average Bonchev–Trinajstić information content (AvgIpc) is 2.99. The van der Waals surface area contributed by atoms with Gasteiger partial charge >= 0.3 is 6.03 Å². The number of fused-ring (bicyclic) bond motifs is 1. The molecule has 0 saturated carbocycles. The average molecular weight is 328 g/mol. The second kappa shape index (κ2) is 7.01. The molecule has 5 heteroatoms. The number of amides is 2. The number of hydrogen-bond acceptors (Lipinski definition) is 2. The van der Waals surface area contributed by atoms with Crippen molar-refractivity contribution in [3.63, 3.8) is 0 Å². The van der Waals surface area contributed by atoms with E-state index >= 15 is 0 Å². The van der Waals surface area contributed by atoms with Crippen LogP contribution in [0.5, 0.6) is 0 Å². The molecule has 2 N–H and O–H groups in total. The third-order valence-electron chi connectivity index (χ3n) is 4.45. The molecule has 1 aliphatic carbocycles. The summed E-state index contributed by atoms with van der Waals surface area (Å²) in [7, 11) is 0. The van der Waals surface area contributed by atoms with Crippen LogP contribution in [0.4, 0.5) is 14.9 Å². The number of urea groups is 1. The van der Waals surface area contributed by atoms with E-state index in [1.807, 2.05) is 18.2 Å². The standard InChI is InChI=1S/C19H21FN2O2/c1-13-6-8-17(16(20)12-13)21-19(24)22(10-11-23)18-9-7-14-4-2-3-5-15(14)18/h2-6,8,12,18,23H,7,9-11H2,1H3,(H,21,24). The highest BCUT2D eigenvalue weighted by Crippen LogP contribution is 2.35. The Morgan fingerprint density at radius 3 is 2.88 bits per heavy atom. The molecule has 0 aromatic heterocycles. The molecule has 1 unspecified atom stereocenters. The lowest BCUT2D eigenvalue weighted by Gasteiger charge is -2.29. The molecule has 0 fully saturated rings. The molecule has 2 amide bonds. The van der Waals surface area contributed by atoms with Gasteiger partial charge in [-0.3, -0.25) is 0 Å². The SMILES string of the molecule is Cc1ccc(NC(=O)N(CCO)C2CCc3ccccc32)c(F)c1. The third kappa shape index (κ3) is 3.26. The minimum atomic E-state index is -0.459. The van der Waals surface area contributed by atoms with Crippen LogP contribution in [0.1, 0.15) is 29.2 Å². The number of nitrogens with zero attached hydrogens (tertiary/aromatic N) is 1. The number of aliphatic hydroxyl groups is 1. The van der Waals surface area contributed by atoms with Crippen LogP contribution in [0.25, 0.3) is 0 Å². The van der Waals surface area contributed by atoms with Crippen molar-refractivity contribution in [2.45, 2.75) is 25.8 Å². The van der Waals surface area contributed by atoms with Gasteiger partial charge in [0.25, 0.3) is 0 Å².